The summed E-state index contributed by atoms with van der Waals surface area (Å²) in [7, 11) is 0. The lowest BCUT2D eigenvalue weighted by Gasteiger charge is -2.28. The fourth-order valence-corrected chi connectivity index (χ4v) is 3.32. The number of benzene rings is 1. The Hall–Kier alpha value is -2.50. The van der Waals surface area contributed by atoms with Crippen molar-refractivity contribution < 1.29 is 0 Å². The quantitative estimate of drug-likeness (QED) is 0.787. The maximum Gasteiger partial charge on any atom is 0.255 e. The van der Waals surface area contributed by atoms with Crippen molar-refractivity contribution in [2.45, 2.75) is 19.5 Å². The van der Waals surface area contributed by atoms with Crippen LogP contribution in [0.5, 0.6) is 0 Å². The molecule has 3 aromatic rings. The summed E-state index contributed by atoms with van der Waals surface area (Å²) in [6.45, 7) is 2.15. The van der Waals surface area contributed by atoms with Crippen LogP contribution < -0.4 is 5.56 Å². The van der Waals surface area contributed by atoms with Gasteiger partial charge in [0, 0.05) is 49.0 Å². The lowest BCUT2D eigenvalue weighted by molar-refractivity contribution is 0.242. The smallest absolute Gasteiger partial charge is 0.255 e. The van der Waals surface area contributed by atoms with E-state index in [0.717, 1.165) is 46.9 Å². The van der Waals surface area contributed by atoms with Gasteiger partial charge in [0.2, 0.25) is 0 Å². The lowest BCUT2D eigenvalue weighted by Crippen LogP contribution is -2.35. The normalized spacial score (nSPS) is 14.3. The third kappa shape index (κ3) is 3.34. The Labute approximate surface area is 150 Å². The summed E-state index contributed by atoms with van der Waals surface area (Å²) in [6, 6.07) is 11.5. The Morgan fingerprint density at radius 3 is 2.88 bits per heavy atom. The van der Waals surface area contributed by atoms with Crippen molar-refractivity contribution in [2.24, 2.45) is 0 Å². The maximum atomic E-state index is 12.6. The molecule has 0 saturated carbocycles. The standard InChI is InChI=1S/C19H17ClN4O/c20-16-6-2-1-4-14(16)11-24-9-7-17-15(12-24)19(25)23-18(22-17)13-5-3-8-21-10-13/h1-6,8,10H,7,9,11-12H2,(H,22,23,25). The van der Waals surface area contributed by atoms with Gasteiger partial charge in [-0.05, 0) is 23.8 Å². The van der Waals surface area contributed by atoms with E-state index >= 15 is 0 Å². The molecule has 1 aromatic carbocycles. The molecular weight excluding hydrogens is 336 g/mol. The zero-order valence-corrected chi connectivity index (χ0v) is 14.3. The van der Waals surface area contributed by atoms with E-state index in [1.807, 2.05) is 36.4 Å². The second kappa shape index (κ2) is 6.78. The molecule has 0 saturated heterocycles. The number of nitrogens with zero attached hydrogens (tertiary/aromatic N) is 3. The van der Waals surface area contributed by atoms with Crippen LogP contribution in [-0.4, -0.2) is 26.4 Å². The number of aromatic nitrogens is 3. The molecule has 0 unspecified atom stereocenters. The average Bonchev–Trinajstić information content (AvgIpc) is 2.65. The highest BCUT2D eigenvalue weighted by molar-refractivity contribution is 6.31. The van der Waals surface area contributed by atoms with E-state index in [-0.39, 0.29) is 5.56 Å². The van der Waals surface area contributed by atoms with E-state index in [4.69, 9.17) is 11.6 Å². The topological polar surface area (TPSA) is 61.9 Å². The van der Waals surface area contributed by atoms with Crippen molar-refractivity contribution in [1.29, 1.82) is 0 Å². The number of H-pyrrole nitrogens is 1. The van der Waals surface area contributed by atoms with Crippen LogP contribution in [0.3, 0.4) is 0 Å². The minimum Gasteiger partial charge on any atom is -0.306 e. The predicted octanol–water partition coefficient (Wildman–Crippen LogP) is 3.04. The SMILES string of the molecule is O=c1[nH]c(-c2cccnc2)nc2c1CN(Cc1ccccc1Cl)CC2. The number of rotatable bonds is 3. The molecule has 25 heavy (non-hydrogen) atoms. The number of fused-ring (bicyclic) bond motifs is 1. The van der Waals surface area contributed by atoms with Crippen molar-refractivity contribution in [1.82, 2.24) is 19.9 Å². The third-order valence-electron chi connectivity index (χ3n) is 4.43. The Kier molecular flexibility index (Phi) is 4.34. The molecule has 126 valence electrons. The summed E-state index contributed by atoms with van der Waals surface area (Å²) in [5, 5.41) is 0.757. The minimum atomic E-state index is -0.0762. The predicted molar refractivity (Wildman–Crippen MR) is 97.4 cm³/mol. The average molecular weight is 353 g/mol. The Morgan fingerprint density at radius 2 is 2.08 bits per heavy atom. The van der Waals surface area contributed by atoms with Gasteiger partial charge in [-0.2, -0.15) is 0 Å². The Balaban J connectivity index is 1.60. The summed E-state index contributed by atoms with van der Waals surface area (Å²) in [5.41, 5.74) is 3.43. The fourth-order valence-electron chi connectivity index (χ4n) is 3.12. The van der Waals surface area contributed by atoms with Gasteiger partial charge in [0.15, 0.2) is 0 Å². The molecule has 0 aliphatic carbocycles. The molecule has 6 heteroatoms. The van der Waals surface area contributed by atoms with Gasteiger partial charge >= 0.3 is 0 Å². The molecule has 1 N–H and O–H groups in total. The molecule has 0 amide bonds. The first-order valence-electron chi connectivity index (χ1n) is 8.19. The number of nitrogens with one attached hydrogen (secondary N) is 1. The van der Waals surface area contributed by atoms with Crippen LogP contribution in [0.15, 0.2) is 53.6 Å². The second-order valence-corrected chi connectivity index (χ2v) is 6.54. The van der Waals surface area contributed by atoms with Crippen LogP contribution in [0.25, 0.3) is 11.4 Å². The highest BCUT2D eigenvalue weighted by atomic mass is 35.5. The summed E-state index contributed by atoms with van der Waals surface area (Å²) in [5.74, 6) is 0.580. The molecule has 0 radical (unpaired) electrons. The minimum absolute atomic E-state index is 0.0762. The molecule has 5 nitrogen and oxygen atoms in total. The highest BCUT2D eigenvalue weighted by Crippen LogP contribution is 2.22. The largest absolute Gasteiger partial charge is 0.306 e. The summed E-state index contributed by atoms with van der Waals surface area (Å²) in [6.07, 6.45) is 4.15. The van der Waals surface area contributed by atoms with E-state index in [2.05, 4.69) is 19.9 Å². The molecule has 0 atom stereocenters. The first kappa shape index (κ1) is 16.0. The Bertz CT molecular complexity index is 955. The summed E-state index contributed by atoms with van der Waals surface area (Å²) < 4.78 is 0. The molecule has 1 aliphatic heterocycles. The lowest BCUT2D eigenvalue weighted by atomic mass is 10.1. The molecule has 2 aromatic heterocycles. The van der Waals surface area contributed by atoms with Crippen LogP contribution in [0, 0.1) is 0 Å². The number of halogens is 1. The molecule has 4 rings (SSSR count). The Morgan fingerprint density at radius 1 is 1.20 bits per heavy atom. The van der Waals surface area contributed by atoms with E-state index in [9.17, 15) is 4.79 Å². The third-order valence-corrected chi connectivity index (χ3v) is 4.80. The van der Waals surface area contributed by atoms with E-state index < -0.39 is 0 Å². The molecule has 0 bridgehead atoms. The van der Waals surface area contributed by atoms with Crippen molar-refractivity contribution in [2.75, 3.05) is 6.54 Å². The number of pyridine rings is 1. The van der Waals surface area contributed by atoms with Gasteiger partial charge in [-0.3, -0.25) is 14.7 Å². The molecule has 1 aliphatic rings. The van der Waals surface area contributed by atoms with Crippen molar-refractivity contribution in [3.05, 3.63) is 81.0 Å². The van der Waals surface area contributed by atoms with E-state index in [0.29, 0.717) is 12.4 Å². The van der Waals surface area contributed by atoms with Crippen LogP contribution in [-0.2, 0) is 19.5 Å². The zero-order chi connectivity index (χ0) is 17.2. The second-order valence-electron chi connectivity index (χ2n) is 6.13. The number of hydrogen-bond donors (Lipinski definition) is 1. The van der Waals surface area contributed by atoms with E-state index in [1.165, 1.54) is 0 Å². The van der Waals surface area contributed by atoms with Crippen LogP contribution in [0.4, 0.5) is 0 Å². The van der Waals surface area contributed by atoms with Gasteiger partial charge in [-0.1, -0.05) is 29.8 Å². The van der Waals surface area contributed by atoms with Gasteiger partial charge < -0.3 is 4.98 Å². The van der Waals surface area contributed by atoms with Gasteiger partial charge in [0.1, 0.15) is 5.82 Å². The van der Waals surface area contributed by atoms with Crippen molar-refractivity contribution in [3.63, 3.8) is 0 Å². The summed E-state index contributed by atoms with van der Waals surface area (Å²) in [4.78, 5) is 26.4. The maximum absolute atomic E-state index is 12.6. The number of aromatic amines is 1. The molecule has 3 heterocycles. The first-order chi connectivity index (χ1) is 12.2. The molecule has 0 spiro atoms. The van der Waals surface area contributed by atoms with Gasteiger partial charge in [0.05, 0.1) is 11.3 Å². The zero-order valence-electron chi connectivity index (χ0n) is 13.6. The first-order valence-corrected chi connectivity index (χ1v) is 8.57. The monoisotopic (exact) mass is 352 g/mol. The van der Waals surface area contributed by atoms with Crippen molar-refractivity contribution >= 4 is 11.6 Å². The van der Waals surface area contributed by atoms with Gasteiger partial charge in [-0.15, -0.1) is 0 Å². The van der Waals surface area contributed by atoms with E-state index in [1.54, 1.807) is 12.4 Å². The number of hydrogen-bond acceptors (Lipinski definition) is 4. The molecule has 0 fully saturated rings. The van der Waals surface area contributed by atoms with Gasteiger partial charge in [0.25, 0.3) is 5.56 Å². The van der Waals surface area contributed by atoms with Crippen molar-refractivity contribution in [3.8, 4) is 11.4 Å². The van der Waals surface area contributed by atoms with Crippen LogP contribution in [0.2, 0.25) is 5.02 Å². The summed E-state index contributed by atoms with van der Waals surface area (Å²) >= 11 is 6.25. The van der Waals surface area contributed by atoms with Gasteiger partial charge in [-0.25, -0.2) is 4.98 Å². The highest BCUT2D eigenvalue weighted by Gasteiger charge is 2.22. The van der Waals surface area contributed by atoms with Crippen LogP contribution >= 0.6 is 11.6 Å². The molecular formula is C19H17ClN4O. The van der Waals surface area contributed by atoms with Crippen LogP contribution in [0.1, 0.15) is 16.8 Å². The fraction of sp³-hybridized carbons (Fsp3) is 0.211.